The fourth-order valence-corrected chi connectivity index (χ4v) is 7.36. The molecule has 2 N–H and O–H groups in total. The lowest BCUT2D eigenvalue weighted by Gasteiger charge is -2.37. The molecule has 5 aromatic rings. The van der Waals surface area contributed by atoms with Crippen molar-refractivity contribution < 1.29 is 23.9 Å². The van der Waals surface area contributed by atoms with Crippen molar-refractivity contribution in [3.05, 3.63) is 106 Å². The van der Waals surface area contributed by atoms with E-state index in [0.29, 0.717) is 75.8 Å². The number of hydrogen-bond donors (Lipinski definition) is 2. The number of fused-ring (bicyclic) bond motifs is 7. The highest BCUT2D eigenvalue weighted by Gasteiger charge is 2.54. The number of nitriles is 1. The lowest BCUT2D eigenvalue weighted by atomic mass is 9.77. The van der Waals surface area contributed by atoms with Crippen LogP contribution in [0.15, 0.2) is 72.8 Å². The Hall–Kier alpha value is -5.93. The van der Waals surface area contributed by atoms with Crippen LogP contribution in [0.4, 0.5) is 17.1 Å². The molecule has 2 amide bonds. The fourth-order valence-electron chi connectivity index (χ4n) is 6.56. The molecule has 2 aliphatic heterocycles. The zero-order valence-corrected chi connectivity index (χ0v) is 29.5. The van der Waals surface area contributed by atoms with Crippen molar-refractivity contribution in [2.75, 3.05) is 49.9 Å². The number of carbonyl (C=O) groups excluding carboxylic acids is 3. The molecular weight excluding hydrogens is 665 g/mol. The van der Waals surface area contributed by atoms with Gasteiger partial charge in [-0.05, 0) is 73.5 Å². The SMILES string of the molecule is CN(C)c1ccc2c(c1)Oc1cc(N(C)C)ccc1C21OC(=O)c2ccc(C(=O)NCCCCCC(=O)Nc3ccc4nc(C#N)sc4c3)cc21. The smallest absolute Gasteiger partial charge is 0.340 e. The molecule has 0 bridgehead atoms. The summed E-state index contributed by atoms with van der Waals surface area (Å²) in [6.45, 7) is 0.432. The summed E-state index contributed by atoms with van der Waals surface area (Å²) in [7, 11) is 7.80. The van der Waals surface area contributed by atoms with Crippen LogP contribution < -0.4 is 25.2 Å². The summed E-state index contributed by atoms with van der Waals surface area (Å²) in [6, 6.07) is 24.1. The number of ether oxygens (including phenoxy) is 2. The van der Waals surface area contributed by atoms with Gasteiger partial charge in [0.25, 0.3) is 5.91 Å². The molecule has 1 spiro atoms. The van der Waals surface area contributed by atoms with E-state index in [9.17, 15) is 14.4 Å². The van der Waals surface area contributed by atoms with E-state index in [1.54, 1.807) is 30.3 Å². The van der Waals surface area contributed by atoms with Gasteiger partial charge in [0.15, 0.2) is 10.6 Å². The van der Waals surface area contributed by atoms with Crippen molar-refractivity contribution in [2.24, 2.45) is 0 Å². The van der Waals surface area contributed by atoms with Crippen LogP contribution in [0.25, 0.3) is 10.2 Å². The third kappa shape index (κ3) is 6.21. The first kappa shape index (κ1) is 33.6. The highest BCUT2D eigenvalue weighted by atomic mass is 32.1. The van der Waals surface area contributed by atoms with Crippen LogP contribution in [0, 0.1) is 11.3 Å². The van der Waals surface area contributed by atoms with E-state index < -0.39 is 11.6 Å². The molecule has 0 unspecified atom stereocenters. The summed E-state index contributed by atoms with van der Waals surface area (Å²) in [4.78, 5) is 47.6. The maximum absolute atomic E-state index is 13.5. The van der Waals surface area contributed by atoms with Crippen molar-refractivity contribution in [3.8, 4) is 17.6 Å². The highest BCUT2D eigenvalue weighted by Crippen LogP contribution is 2.57. The third-order valence-electron chi connectivity index (χ3n) is 9.20. The molecule has 3 heterocycles. The van der Waals surface area contributed by atoms with Gasteiger partial charge in [0.05, 0.1) is 15.8 Å². The Morgan fingerprint density at radius 3 is 2.24 bits per heavy atom. The molecule has 7 rings (SSSR count). The van der Waals surface area contributed by atoms with Gasteiger partial charge in [0, 0.05) is 92.6 Å². The Bertz CT molecular complexity index is 2200. The van der Waals surface area contributed by atoms with E-state index in [0.717, 1.165) is 28.0 Å². The van der Waals surface area contributed by atoms with Gasteiger partial charge < -0.3 is 29.9 Å². The zero-order valence-electron chi connectivity index (χ0n) is 28.7. The van der Waals surface area contributed by atoms with E-state index in [1.807, 2.05) is 86.5 Å². The van der Waals surface area contributed by atoms with E-state index in [2.05, 4.69) is 15.6 Å². The molecule has 2 aliphatic rings. The minimum Gasteiger partial charge on any atom is -0.456 e. The van der Waals surface area contributed by atoms with Crippen molar-refractivity contribution in [3.63, 3.8) is 0 Å². The van der Waals surface area contributed by atoms with Gasteiger partial charge >= 0.3 is 5.97 Å². The third-order valence-corrected chi connectivity index (χ3v) is 10.1. The fraction of sp³-hybridized carbons (Fsp3) is 0.256. The van der Waals surface area contributed by atoms with Gasteiger partial charge in [-0.15, -0.1) is 11.3 Å². The van der Waals surface area contributed by atoms with Crippen LogP contribution in [0.3, 0.4) is 0 Å². The maximum atomic E-state index is 13.5. The van der Waals surface area contributed by atoms with E-state index >= 15 is 0 Å². The summed E-state index contributed by atoms with van der Waals surface area (Å²) >= 11 is 1.29. The summed E-state index contributed by atoms with van der Waals surface area (Å²) in [6.07, 6.45) is 2.45. The second-order valence-electron chi connectivity index (χ2n) is 13.0. The Morgan fingerprint density at radius 1 is 0.863 bits per heavy atom. The number of esters is 1. The van der Waals surface area contributed by atoms with E-state index in [1.165, 1.54) is 11.3 Å². The Morgan fingerprint density at radius 2 is 1.57 bits per heavy atom. The number of benzene rings is 4. The lowest BCUT2D eigenvalue weighted by molar-refractivity contribution is -0.116. The molecule has 0 saturated heterocycles. The van der Waals surface area contributed by atoms with E-state index in [4.69, 9.17) is 14.7 Å². The number of thiazole rings is 1. The first-order valence-electron chi connectivity index (χ1n) is 16.7. The summed E-state index contributed by atoms with van der Waals surface area (Å²) in [5.74, 6) is 0.318. The second-order valence-corrected chi connectivity index (χ2v) is 14.0. The standard InChI is InChI=1S/C39H36N6O5S/c1-44(2)25-11-14-28-32(20-25)49-33-21-26(45(3)4)12-15-29(33)39(28)30-18-23(9-13-27(30)38(48)50-39)37(47)41-17-7-5-6-8-35(46)42-24-10-16-31-34(19-24)51-36(22-40)43-31/h9-16,18-21H,5-8,17H2,1-4H3,(H,41,47)(H,42,46). The monoisotopic (exact) mass is 700 g/mol. The number of hydrogen-bond acceptors (Lipinski definition) is 10. The summed E-state index contributed by atoms with van der Waals surface area (Å²) in [5, 5.41) is 15.4. The number of nitrogens with one attached hydrogen (secondary N) is 2. The average Bonchev–Trinajstić information content (AvgIpc) is 3.67. The average molecular weight is 701 g/mol. The van der Waals surface area contributed by atoms with Gasteiger partial charge in [0.2, 0.25) is 5.91 Å². The molecule has 0 fully saturated rings. The van der Waals surface area contributed by atoms with Crippen molar-refractivity contribution in [1.29, 1.82) is 5.26 Å². The van der Waals surface area contributed by atoms with Crippen LogP contribution >= 0.6 is 11.3 Å². The molecule has 12 heteroatoms. The maximum Gasteiger partial charge on any atom is 0.340 e. The minimum atomic E-state index is -1.30. The first-order chi connectivity index (χ1) is 24.6. The number of nitrogens with zero attached hydrogens (tertiary/aromatic N) is 4. The molecule has 0 radical (unpaired) electrons. The topological polar surface area (TPSA) is 137 Å². The van der Waals surface area contributed by atoms with Crippen LogP contribution in [0.2, 0.25) is 0 Å². The van der Waals surface area contributed by atoms with Crippen LogP contribution in [0.5, 0.6) is 11.5 Å². The highest BCUT2D eigenvalue weighted by molar-refractivity contribution is 7.19. The normalized spacial score (nSPS) is 13.4. The zero-order chi connectivity index (χ0) is 35.9. The van der Waals surface area contributed by atoms with Gasteiger partial charge in [-0.2, -0.15) is 5.26 Å². The van der Waals surface area contributed by atoms with Crippen LogP contribution in [-0.2, 0) is 15.1 Å². The predicted molar refractivity (Wildman–Crippen MR) is 197 cm³/mol. The number of carbonyl (C=O) groups is 3. The second kappa shape index (κ2) is 13.4. The molecule has 0 atom stereocenters. The lowest BCUT2D eigenvalue weighted by Crippen LogP contribution is -2.33. The van der Waals surface area contributed by atoms with Gasteiger partial charge in [-0.1, -0.05) is 6.42 Å². The molecule has 0 saturated carbocycles. The van der Waals surface area contributed by atoms with Crippen LogP contribution in [0.1, 0.15) is 68.1 Å². The van der Waals surface area contributed by atoms with Gasteiger partial charge in [-0.25, -0.2) is 9.78 Å². The van der Waals surface area contributed by atoms with Crippen LogP contribution in [-0.4, -0.2) is 57.5 Å². The van der Waals surface area contributed by atoms with E-state index in [-0.39, 0.29) is 11.8 Å². The molecule has 0 aliphatic carbocycles. The molecule has 51 heavy (non-hydrogen) atoms. The van der Waals surface area contributed by atoms with Crippen molar-refractivity contribution >= 4 is 56.4 Å². The molecule has 11 nitrogen and oxygen atoms in total. The number of anilines is 3. The number of rotatable bonds is 10. The summed E-state index contributed by atoms with van der Waals surface area (Å²) in [5.41, 5.74) is 4.73. The number of aromatic nitrogens is 1. The minimum absolute atomic E-state index is 0.0978. The Labute approximate surface area is 299 Å². The predicted octanol–water partition coefficient (Wildman–Crippen LogP) is 6.80. The molecule has 258 valence electrons. The quantitative estimate of drug-likeness (QED) is 0.119. The van der Waals surface area contributed by atoms with Gasteiger partial charge in [0.1, 0.15) is 17.6 Å². The molecule has 1 aromatic heterocycles. The van der Waals surface area contributed by atoms with Crippen molar-refractivity contribution in [1.82, 2.24) is 10.3 Å². The first-order valence-corrected chi connectivity index (χ1v) is 17.5. The summed E-state index contributed by atoms with van der Waals surface area (Å²) < 4.78 is 13.6. The number of unbranched alkanes of at least 4 members (excludes halogenated alkanes) is 2. The Balaban J connectivity index is 1.03. The molecule has 4 aromatic carbocycles. The Kier molecular flexibility index (Phi) is 8.83. The van der Waals surface area contributed by atoms with Gasteiger partial charge in [-0.3, -0.25) is 9.59 Å². The molecular formula is C39H36N6O5S. The largest absolute Gasteiger partial charge is 0.456 e. The number of amides is 2. The van der Waals surface area contributed by atoms with Crippen molar-refractivity contribution in [2.45, 2.75) is 31.3 Å².